The standard InChI is InChI=1S/C45H52N8O8S/c1-27-40(62-26-49-27)31-15-13-30(14-16-31)22-48-43(58)35-19-32(54)23-53(35)44(59)41(45(2,3)4)50-39(57)25-60-24-38(56)47-21-29-11-9-28(10-12-29)17-18-61-37-20-34(51-52-42(37)46)33-7-5-6-8-36(33)55/h5-16,20,26,32,35,41,54-55H,17-19,21-25H2,1-4H3,(H2,46,52)(H,47,56)(H,48,58)(H,50,57)/t32-,35+,41-/m1/s1. The van der Waals surface area contributed by atoms with Crippen molar-refractivity contribution in [3.63, 3.8) is 0 Å². The normalized spacial score (nSPS) is 15.5. The van der Waals surface area contributed by atoms with Gasteiger partial charge in [0.05, 0.1) is 28.8 Å². The number of aromatic nitrogens is 3. The van der Waals surface area contributed by atoms with Crippen molar-refractivity contribution in [3.05, 3.63) is 107 Å². The molecule has 7 N–H and O–H groups in total. The Morgan fingerprint density at radius 1 is 0.919 bits per heavy atom. The fourth-order valence-corrected chi connectivity index (χ4v) is 7.71. The zero-order valence-corrected chi connectivity index (χ0v) is 35.9. The lowest BCUT2D eigenvalue weighted by molar-refractivity contribution is -0.145. The highest BCUT2D eigenvalue weighted by Crippen LogP contribution is 2.31. The summed E-state index contributed by atoms with van der Waals surface area (Å²) in [4.78, 5) is 59.6. The lowest BCUT2D eigenvalue weighted by atomic mass is 9.85. The van der Waals surface area contributed by atoms with Crippen LogP contribution in [0.25, 0.3) is 21.7 Å². The molecule has 2 aromatic heterocycles. The minimum atomic E-state index is -1.04. The number of hydrogen-bond donors (Lipinski definition) is 6. The summed E-state index contributed by atoms with van der Waals surface area (Å²) < 4.78 is 11.3. The maximum atomic E-state index is 13.9. The molecule has 1 aliphatic heterocycles. The maximum Gasteiger partial charge on any atom is 0.246 e. The maximum absolute atomic E-state index is 13.9. The van der Waals surface area contributed by atoms with E-state index in [1.54, 1.807) is 68.0 Å². The van der Waals surface area contributed by atoms with Crippen LogP contribution in [0.5, 0.6) is 11.5 Å². The number of ether oxygens (including phenoxy) is 2. The highest BCUT2D eigenvalue weighted by Gasteiger charge is 2.44. The Kier molecular flexibility index (Phi) is 14.9. The number of nitrogens with two attached hydrogens (primary N) is 1. The Hall–Kier alpha value is -6.43. The predicted octanol–water partition coefficient (Wildman–Crippen LogP) is 3.93. The minimum absolute atomic E-state index is 0.0561. The van der Waals surface area contributed by atoms with Crippen LogP contribution in [-0.4, -0.2) is 98.5 Å². The van der Waals surface area contributed by atoms with Gasteiger partial charge in [0.1, 0.15) is 36.7 Å². The van der Waals surface area contributed by atoms with Gasteiger partial charge in [0, 0.05) is 44.1 Å². The molecule has 1 fully saturated rings. The van der Waals surface area contributed by atoms with Crippen LogP contribution in [0.1, 0.15) is 49.6 Å². The SMILES string of the molecule is Cc1ncsc1-c1ccc(CNC(=O)[C@@H]2C[C@@H](O)CN2C(=O)[C@@H](NC(=O)COCC(=O)NCc2ccc(CCOc3cc(-c4ccccc4O)nnc3N)cc2)C(C)(C)C)cc1. The predicted molar refractivity (Wildman–Crippen MR) is 233 cm³/mol. The van der Waals surface area contributed by atoms with Gasteiger partial charge in [-0.3, -0.25) is 19.2 Å². The molecular formula is C45H52N8O8S. The zero-order chi connectivity index (χ0) is 44.4. The van der Waals surface area contributed by atoms with Gasteiger partial charge in [-0.15, -0.1) is 21.5 Å². The number of hydrogen-bond acceptors (Lipinski definition) is 13. The molecule has 3 aromatic carbocycles. The molecular weight excluding hydrogens is 813 g/mol. The number of para-hydroxylation sites is 1. The molecule has 3 atom stereocenters. The third kappa shape index (κ3) is 11.9. The lowest BCUT2D eigenvalue weighted by Gasteiger charge is -2.35. The quantitative estimate of drug-likeness (QED) is 0.0782. The van der Waals surface area contributed by atoms with E-state index in [2.05, 4.69) is 31.1 Å². The molecule has 4 amide bonds. The Morgan fingerprint density at radius 3 is 2.26 bits per heavy atom. The van der Waals surface area contributed by atoms with Crippen molar-refractivity contribution in [2.24, 2.45) is 5.41 Å². The number of likely N-dealkylation sites (tertiary alicyclic amines) is 1. The first-order valence-corrected chi connectivity index (χ1v) is 21.1. The summed E-state index contributed by atoms with van der Waals surface area (Å²) in [7, 11) is 0. The average Bonchev–Trinajstić information content (AvgIpc) is 3.87. The summed E-state index contributed by atoms with van der Waals surface area (Å²) in [5.41, 5.74) is 12.6. The van der Waals surface area contributed by atoms with Crippen molar-refractivity contribution in [1.82, 2.24) is 36.0 Å². The Labute approximate surface area is 363 Å². The number of aliphatic hydroxyl groups is 1. The first-order valence-electron chi connectivity index (χ1n) is 20.2. The smallest absolute Gasteiger partial charge is 0.246 e. The van der Waals surface area contributed by atoms with Crippen LogP contribution in [-0.2, 0) is 43.4 Å². The van der Waals surface area contributed by atoms with Crippen molar-refractivity contribution >= 4 is 40.8 Å². The number of anilines is 1. The van der Waals surface area contributed by atoms with Gasteiger partial charge in [-0.05, 0) is 46.7 Å². The Morgan fingerprint density at radius 2 is 1.58 bits per heavy atom. The number of nitrogens with one attached hydrogen (secondary N) is 3. The van der Waals surface area contributed by atoms with Crippen LogP contribution in [0.3, 0.4) is 0 Å². The number of thiazole rings is 1. The van der Waals surface area contributed by atoms with Gasteiger partial charge >= 0.3 is 0 Å². The van der Waals surface area contributed by atoms with Gasteiger partial charge in [-0.2, -0.15) is 0 Å². The van der Waals surface area contributed by atoms with Crippen molar-refractivity contribution < 1.29 is 38.9 Å². The first-order chi connectivity index (χ1) is 29.7. The van der Waals surface area contributed by atoms with Crippen molar-refractivity contribution in [1.29, 1.82) is 0 Å². The van der Waals surface area contributed by atoms with Crippen LogP contribution in [0.2, 0.25) is 0 Å². The van der Waals surface area contributed by atoms with Gasteiger partial charge in [-0.1, -0.05) is 81.4 Å². The number of β-amino-alcohol motifs (C(OH)–C–C–N with tert-alkyl or cyclic N) is 1. The van der Waals surface area contributed by atoms with Crippen LogP contribution in [0, 0.1) is 12.3 Å². The molecule has 3 heterocycles. The molecule has 0 bridgehead atoms. The summed E-state index contributed by atoms with van der Waals surface area (Å²) in [5, 5.41) is 37.1. The molecule has 0 saturated carbocycles. The third-order valence-electron chi connectivity index (χ3n) is 10.3. The number of benzene rings is 3. The fraction of sp³-hybridized carbons (Fsp3) is 0.356. The Bertz CT molecular complexity index is 2350. The number of aliphatic hydroxyl groups excluding tert-OH is 1. The highest BCUT2D eigenvalue weighted by atomic mass is 32.1. The molecule has 1 aliphatic rings. The number of carbonyl (C=O) groups is 4. The third-order valence-corrected chi connectivity index (χ3v) is 11.3. The molecule has 17 heteroatoms. The van der Waals surface area contributed by atoms with Crippen molar-refractivity contribution in [2.45, 2.75) is 71.8 Å². The molecule has 62 heavy (non-hydrogen) atoms. The number of amides is 4. The van der Waals surface area contributed by atoms with E-state index >= 15 is 0 Å². The van der Waals surface area contributed by atoms with Crippen LogP contribution in [0.15, 0.2) is 84.4 Å². The van der Waals surface area contributed by atoms with Gasteiger partial charge in [-0.25, -0.2) is 4.98 Å². The summed E-state index contributed by atoms with van der Waals surface area (Å²) in [6.45, 7) is 7.17. The summed E-state index contributed by atoms with van der Waals surface area (Å²) in [5.74, 6) is -1.39. The summed E-state index contributed by atoms with van der Waals surface area (Å²) in [6.07, 6.45) is -0.274. The number of nitrogens with zero attached hydrogens (tertiary/aromatic N) is 4. The second-order valence-electron chi connectivity index (χ2n) is 16.1. The van der Waals surface area contributed by atoms with E-state index in [0.29, 0.717) is 30.0 Å². The molecule has 326 valence electrons. The number of phenolic OH excluding ortho intramolecular Hbond substituents is 1. The number of aryl methyl sites for hydroxylation is 1. The molecule has 0 aliphatic carbocycles. The van der Waals surface area contributed by atoms with Crippen LogP contribution >= 0.6 is 11.3 Å². The van der Waals surface area contributed by atoms with E-state index in [1.807, 2.05) is 55.5 Å². The van der Waals surface area contributed by atoms with Crippen LogP contribution < -0.4 is 26.4 Å². The van der Waals surface area contributed by atoms with E-state index < -0.39 is 53.8 Å². The van der Waals surface area contributed by atoms with Gasteiger partial charge < -0.3 is 46.3 Å². The molecule has 0 radical (unpaired) electrons. The molecule has 5 aromatic rings. The largest absolute Gasteiger partial charge is 0.507 e. The average molecular weight is 865 g/mol. The zero-order valence-electron chi connectivity index (χ0n) is 35.1. The molecule has 0 spiro atoms. The number of phenols is 1. The van der Waals surface area contributed by atoms with Gasteiger partial charge in [0.2, 0.25) is 23.6 Å². The van der Waals surface area contributed by atoms with E-state index in [1.165, 1.54) is 4.90 Å². The second-order valence-corrected chi connectivity index (χ2v) is 17.0. The highest BCUT2D eigenvalue weighted by molar-refractivity contribution is 7.13. The number of aromatic hydroxyl groups is 1. The number of carbonyl (C=O) groups excluding carboxylic acids is 4. The monoisotopic (exact) mass is 864 g/mol. The lowest BCUT2D eigenvalue weighted by Crippen LogP contribution is -2.58. The van der Waals surface area contributed by atoms with Crippen molar-refractivity contribution in [3.8, 4) is 33.2 Å². The molecule has 0 unspecified atom stereocenters. The van der Waals surface area contributed by atoms with E-state index in [4.69, 9.17) is 15.2 Å². The minimum Gasteiger partial charge on any atom is -0.507 e. The molecule has 1 saturated heterocycles. The van der Waals surface area contributed by atoms with E-state index in [0.717, 1.165) is 32.8 Å². The summed E-state index contributed by atoms with van der Waals surface area (Å²) in [6, 6.07) is 21.8. The number of rotatable bonds is 17. The van der Waals surface area contributed by atoms with E-state index in [9.17, 15) is 29.4 Å². The van der Waals surface area contributed by atoms with Gasteiger partial charge in [0.15, 0.2) is 11.6 Å². The number of nitrogen functional groups attached to an aromatic ring is 1. The van der Waals surface area contributed by atoms with Gasteiger partial charge in [0.25, 0.3) is 0 Å². The van der Waals surface area contributed by atoms with E-state index in [-0.39, 0.29) is 44.2 Å². The second kappa shape index (κ2) is 20.4. The topological polar surface area (TPSA) is 231 Å². The summed E-state index contributed by atoms with van der Waals surface area (Å²) >= 11 is 1.56. The first kappa shape index (κ1) is 45.1. The fourth-order valence-electron chi connectivity index (χ4n) is 6.90. The van der Waals surface area contributed by atoms with Crippen molar-refractivity contribution in [2.75, 3.05) is 32.1 Å². The Balaban J connectivity index is 0.918. The molecule has 6 rings (SSSR count). The molecule has 16 nitrogen and oxygen atoms in total. The van der Waals surface area contributed by atoms with Crippen LogP contribution in [0.4, 0.5) is 5.82 Å².